The van der Waals surface area contributed by atoms with Crippen molar-refractivity contribution < 1.29 is 9.84 Å². The summed E-state index contributed by atoms with van der Waals surface area (Å²) in [7, 11) is 0. The van der Waals surface area contributed by atoms with Crippen LogP contribution in [0.25, 0.3) is 0 Å². The standard InChI is InChI=1S/C11H23NO2/c1-11(13,8-12)9-14-7-10-5-3-2-4-6-10/h10,13H,2-9,12H2,1H3. The number of rotatable bonds is 5. The molecule has 0 aliphatic heterocycles. The normalized spacial score (nSPS) is 23.4. The van der Waals surface area contributed by atoms with Crippen LogP contribution in [0, 0.1) is 5.92 Å². The second-order valence-electron chi connectivity index (χ2n) is 4.72. The Morgan fingerprint density at radius 2 is 2.00 bits per heavy atom. The fraction of sp³-hybridized carbons (Fsp3) is 1.00. The second-order valence-corrected chi connectivity index (χ2v) is 4.72. The fourth-order valence-corrected chi connectivity index (χ4v) is 1.86. The van der Waals surface area contributed by atoms with Crippen molar-refractivity contribution in [2.75, 3.05) is 19.8 Å². The molecule has 1 atom stereocenters. The Hall–Kier alpha value is -0.120. The first-order chi connectivity index (χ1) is 6.64. The van der Waals surface area contributed by atoms with Gasteiger partial charge >= 0.3 is 0 Å². The van der Waals surface area contributed by atoms with Gasteiger partial charge in [0.15, 0.2) is 0 Å². The molecule has 0 bridgehead atoms. The lowest BCUT2D eigenvalue weighted by atomic mass is 9.90. The zero-order valence-corrected chi connectivity index (χ0v) is 9.17. The maximum atomic E-state index is 9.60. The number of hydrogen-bond donors (Lipinski definition) is 2. The Balaban J connectivity index is 2.08. The molecule has 1 unspecified atom stereocenters. The van der Waals surface area contributed by atoms with Crippen LogP contribution in [0.5, 0.6) is 0 Å². The van der Waals surface area contributed by atoms with E-state index >= 15 is 0 Å². The minimum atomic E-state index is -0.853. The molecule has 0 saturated heterocycles. The van der Waals surface area contributed by atoms with E-state index in [4.69, 9.17) is 10.5 Å². The first-order valence-corrected chi connectivity index (χ1v) is 5.64. The lowest BCUT2D eigenvalue weighted by Crippen LogP contribution is -2.39. The summed E-state index contributed by atoms with van der Waals surface area (Å²) in [6.07, 6.45) is 6.61. The molecule has 0 radical (unpaired) electrons. The molecular weight excluding hydrogens is 178 g/mol. The van der Waals surface area contributed by atoms with Crippen molar-refractivity contribution >= 4 is 0 Å². The molecule has 0 aromatic rings. The molecule has 3 N–H and O–H groups in total. The van der Waals surface area contributed by atoms with E-state index in [1.165, 1.54) is 32.1 Å². The lowest BCUT2D eigenvalue weighted by molar-refractivity contribution is -0.0391. The Morgan fingerprint density at radius 3 is 2.57 bits per heavy atom. The van der Waals surface area contributed by atoms with Gasteiger partial charge in [0, 0.05) is 13.2 Å². The van der Waals surface area contributed by atoms with Crippen molar-refractivity contribution in [3.05, 3.63) is 0 Å². The first kappa shape index (κ1) is 12.0. The molecular formula is C11H23NO2. The molecule has 0 spiro atoms. The van der Waals surface area contributed by atoms with Crippen molar-refractivity contribution in [3.63, 3.8) is 0 Å². The van der Waals surface area contributed by atoms with Crippen LogP contribution in [0.2, 0.25) is 0 Å². The van der Waals surface area contributed by atoms with Gasteiger partial charge in [-0.25, -0.2) is 0 Å². The number of hydrogen-bond acceptors (Lipinski definition) is 3. The van der Waals surface area contributed by atoms with Gasteiger partial charge in [0.05, 0.1) is 12.2 Å². The summed E-state index contributed by atoms with van der Waals surface area (Å²) in [6.45, 7) is 3.13. The average molecular weight is 201 g/mol. The van der Waals surface area contributed by atoms with Crippen LogP contribution in [-0.4, -0.2) is 30.5 Å². The average Bonchev–Trinajstić information content (AvgIpc) is 2.19. The Labute approximate surface area is 86.6 Å². The van der Waals surface area contributed by atoms with Crippen molar-refractivity contribution in [2.45, 2.75) is 44.6 Å². The van der Waals surface area contributed by atoms with Gasteiger partial charge in [-0.2, -0.15) is 0 Å². The van der Waals surface area contributed by atoms with Crippen molar-refractivity contribution in [3.8, 4) is 0 Å². The molecule has 84 valence electrons. The molecule has 1 rings (SSSR count). The van der Waals surface area contributed by atoms with E-state index < -0.39 is 5.60 Å². The zero-order chi connectivity index (χ0) is 10.4. The van der Waals surface area contributed by atoms with Gasteiger partial charge in [-0.3, -0.25) is 0 Å². The van der Waals surface area contributed by atoms with Crippen LogP contribution in [-0.2, 0) is 4.74 Å². The number of ether oxygens (including phenoxy) is 1. The van der Waals surface area contributed by atoms with Crippen LogP contribution in [0.15, 0.2) is 0 Å². The highest BCUT2D eigenvalue weighted by Crippen LogP contribution is 2.23. The largest absolute Gasteiger partial charge is 0.386 e. The van der Waals surface area contributed by atoms with E-state index in [-0.39, 0.29) is 6.54 Å². The molecule has 1 saturated carbocycles. The molecule has 0 amide bonds. The third kappa shape index (κ3) is 4.40. The van der Waals surface area contributed by atoms with Gasteiger partial charge in [-0.15, -0.1) is 0 Å². The zero-order valence-electron chi connectivity index (χ0n) is 9.17. The van der Waals surface area contributed by atoms with Crippen LogP contribution in [0.1, 0.15) is 39.0 Å². The maximum absolute atomic E-state index is 9.60. The minimum absolute atomic E-state index is 0.262. The predicted molar refractivity (Wildman–Crippen MR) is 57.1 cm³/mol. The highest BCUT2D eigenvalue weighted by molar-refractivity contribution is 4.73. The summed E-state index contributed by atoms with van der Waals surface area (Å²) in [4.78, 5) is 0. The molecule has 3 heteroatoms. The van der Waals surface area contributed by atoms with E-state index in [1.54, 1.807) is 6.92 Å². The molecule has 14 heavy (non-hydrogen) atoms. The van der Waals surface area contributed by atoms with E-state index in [9.17, 15) is 5.11 Å². The monoisotopic (exact) mass is 201 g/mol. The van der Waals surface area contributed by atoms with Gasteiger partial charge in [0.2, 0.25) is 0 Å². The summed E-state index contributed by atoms with van der Waals surface area (Å²) in [5, 5.41) is 9.60. The van der Waals surface area contributed by atoms with Crippen LogP contribution in [0.4, 0.5) is 0 Å². The van der Waals surface area contributed by atoms with Crippen LogP contribution < -0.4 is 5.73 Å². The fourth-order valence-electron chi connectivity index (χ4n) is 1.86. The predicted octanol–water partition coefficient (Wildman–Crippen LogP) is 1.29. The van der Waals surface area contributed by atoms with Gasteiger partial charge in [0.25, 0.3) is 0 Å². The molecule has 1 aliphatic carbocycles. The smallest absolute Gasteiger partial charge is 0.0973 e. The van der Waals surface area contributed by atoms with E-state index in [0.717, 1.165) is 6.61 Å². The molecule has 0 aromatic carbocycles. The molecule has 0 heterocycles. The first-order valence-electron chi connectivity index (χ1n) is 5.64. The second kappa shape index (κ2) is 5.69. The van der Waals surface area contributed by atoms with Crippen LogP contribution >= 0.6 is 0 Å². The summed E-state index contributed by atoms with van der Waals surface area (Å²) in [5.74, 6) is 0.706. The lowest BCUT2D eigenvalue weighted by Gasteiger charge is -2.25. The SMILES string of the molecule is CC(O)(CN)COCC1CCCCC1. The van der Waals surface area contributed by atoms with Crippen molar-refractivity contribution in [1.82, 2.24) is 0 Å². The van der Waals surface area contributed by atoms with Crippen molar-refractivity contribution in [2.24, 2.45) is 11.7 Å². The topological polar surface area (TPSA) is 55.5 Å². The molecule has 1 aliphatic rings. The maximum Gasteiger partial charge on any atom is 0.0973 e. The highest BCUT2D eigenvalue weighted by atomic mass is 16.5. The van der Waals surface area contributed by atoms with Crippen molar-refractivity contribution in [1.29, 1.82) is 0 Å². The molecule has 1 fully saturated rings. The molecule has 3 nitrogen and oxygen atoms in total. The van der Waals surface area contributed by atoms with Gasteiger partial charge in [-0.05, 0) is 25.7 Å². The summed E-state index contributed by atoms with van der Waals surface area (Å²) >= 11 is 0. The Bertz CT molecular complexity index is 153. The third-order valence-corrected chi connectivity index (χ3v) is 2.93. The minimum Gasteiger partial charge on any atom is -0.386 e. The summed E-state index contributed by atoms with van der Waals surface area (Å²) in [5.41, 5.74) is 4.54. The van der Waals surface area contributed by atoms with E-state index in [1.807, 2.05) is 0 Å². The number of aliphatic hydroxyl groups is 1. The van der Waals surface area contributed by atoms with Gasteiger partial charge in [0.1, 0.15) is 0 Å². The van der Waals surface area contributed by atoms with Crippen LogP contribution in [0.3, 0.4) is 0 Å². The van der Waals surface area contributed by atoms with E-state index in [0.29, 0.717) is 12.5 Å². The van der Waals surface area contributed by atoms with E-state index in [2.05, 4.69) is 0 Å². The third-order valence-electron chi connectivity index (χ3n) is 2.93. The number of nitrogens with two attached hydrogens (primary N) is 1. The molecule has 0 aromatic heterocycles. The van der Waals surface area contributed by atoms with Gasteiger partial charge < -0.3 is 15.6 Å². The van der Waals surface area contributed by atoms with Gasteiger partial charge in [-0.1, -0.05) is 19.3 Å². The summed E-state index contributed by atoms with van der Waals surface area (Å²) in [6, 6.07) is 0. The highest BCUT2D eigenvalue weighted by Gasteiger charge is 2.20. The Morgan fingerprint density at radius 1 is 1.36 bits per heavy atom. The Kier molecular flexibility index (Phi) is 4.85. The quantitative estimate of drug-likeness (QED) is 0.705. The summed E-state index contributed by atoms with van der Waals surface area (Å²) < 4.78 is 5.50.